The standard InChI is InChI=1S/C18H35N3O3/c1-12(2)15(19)16(22)20-10-8-9-14(20)11-21(13(3)4)17(23)24-18(5,6)7/h12-15H,8-11,19H2,1-7H3/t14-,15+/m1/s1. The molecule has 24 heavy (non-hydrogen) atoms. The molecule has 0 saturated carbocycles. The van der Waals surface area contributed by atoms with E-state index in [0.29, 0.717) is 13.1 Å². The van der Waals surface area contributed by atoms with Crippen LogP contribution in [-0.2, 0) is 9.53 Å². The quantitative estimate of drug-likeness (QED) is 0.834. The molecule has 1 heterocycles. The maximum atomic E-state index is 12.6. The summed E-state index contributed by atoms with van der Waals surface area (Å²) in [6, 6.07) is -0.465. The van der Waals surface area contributed by atoms with E-state index in [1.54, 1.807) is 4.90 Å². The molecular formula is C18H35N3O3. The Kier molecular flexibility index (Phi) is 7.08. The van der Waals surface area contributed by atoms with Crippen molar-refractivity contribution in [3.63, 3.8) is 0 Å². The molecule has 2 N–H and O–H groups in total. The average molecular weight is 341 g/mol. The fourth-order valence-electron chi connectivity index (χ4n) is 2.84. The summed E-state index contributed by atoms with van der Waals surface area (Å²) >= 11 is 0. The first-order chi connectivity index (χ1) is 10.9. The zero-order valence-electron chi connectivity index (χ0n) is 16.3. The molecule has 0 aromatic carbocycles. The number of ether oxygens (including phenoxy) is 1. The summed E-state index contributed by atoms with van der Waals surface area (Å²) in [6.07, 6.45) is 1.51. The molecular weight excluding hydrogens is 306 g/mol. The molecule has 0 aliphatic carbocycles. The predicted octanol–water partition coefficient (Wildman–Crippen LogP) is 2.61. The van der Waals surface area contributed by atoms with E-state index in [4.69, 9.17) is 10.5 Å². The molecule has 0 spiro atoms. The van der Waals surface area contributed by atoms with Crippen molar-refractivity contribution >= 4 is 12.0 Å². The van der Waals surface area contributed by atoms with Crippen LogP contribution in [0.4, 0.5) is 4.79 Å². The molecule has 0 aromatic rings. The zero-order valence-corrected chi connectivity index (χ0v) is 16.3. The highest BCUT2D eigenvalue weighted by molar-refractivity contribution is 5.82. The second-order valence-electron chi connectivity index (χ2n) is 8.32. The Hall–Kier alpha value is -1.30. The van der Waals surface area contributed by atoms with Crippen molar-refractivity contribution in [2.75, 3.05) is 13.1 Å². The number of carbonyl (C=O) groups excluding carboxylic acids is 2. The summed E-state index contributed by atoms with van der Waals surface area (Å²) in [7, 11) is 0. The minimum absolute atomic E-state index is 0.0103. The third kappa shape index (κ3) is 5.65. The number of likely N-dealkylation sites (tertiary alicyclic amines) is 1. The Morgan fingerprint density at radius 3 is 2.29 bits per heavy atom. The molecule has 0 radical (unpaired) electrons. The van der Waals surface area contributed by atoms with E-state index in [0.717, 1.165) is 12.8 Å². The van der Waals surface area contributed by atoms with Crippen molar-refractivity contribution in [3.8, 4) is 0 Å². The monoisotopic (exact) mass is 341 g/mol. The first-order valence-electron chi connectivity index (χ1n) is 8.99. The molecule has 2 amide bonds. The van der Waals surface area contributed by atoms with Gasteiger partial charge in [0.1, 0.15) is 5.60 Å². The minimum Gasteiger partial charge on any atom is -0.444 e. The van der Waals surface area contributed by atoms with Crippen LogP contribution < -0.4 is 5.73 Å². The van der Waals surface area contributed by atoms with Gasteiger partial charge in [0.05, 0.1) is 6.04 Å². The SMILES string of the molecule is CC(C)[C@H](N)C(=O)N1CCC[C@@H]1CN(C(=O)OC(C)(C)C)C(C)C. The van der Waals surface area contributed by atoms with Crippen LogP contribution in [0.3, 0.4) is 0 Å². The number of amides is 2. The largest absolute Gasteiger partial charge is 0.444 e. The van der Waals surface area contributed by atoms with Crippen molar-refractivity contribution in [1.29, 1.82) is 0 Å². The van der Waals surface area contributed by atoms with Gasteiger partial charge in [0.25, 0.3) is 0 Å². The van der Waals surface area contributed by atoms with Crippen LogP contribution in [0.1, 0.15) is 61.3 Å². The Morgan fingerprint density at radius 2 is 1.83 bits per heavy atom. The molecule has 0 bridgehead atoms. The number of hydrogen-bond acceptors (Lipinski definition) is 4. The molecule has 0 unspecified atom stereocenters. The van der Waals surface area contributed by atoms with Gasteiger partial charge in [0.15, 0.2) is 0 Å². The van der Waals surface area contributed by atoms with E-state index >= 15 is 0 Å². The van der Waals surface area contributed by atoms with E-state index in [2.05, 4.69) is 0 Å². The van der Waals surface area contributed by atoms with Crippen LogP contribution >= 0.6 is 0 Å². The van der Waals surface area contributed by atoms with Crippen LogP contribution in [0.2, 0.25) is 0 Å². The van der Waals surface area contributed by atoms with Crippen LogP contribution in [0.5, 0.6) is 0 Å². The van der Waals surface area contributed by atoms with E-state index in [9.17, 15) is 9.59 Å². The van der Waals surface area contributed by atoms with Gasteiger partial charge in [0.2, 0.25) is 5.91 Å². The van der Waals surface area contributed by atoms with Crippen molar-refractivity contribution in [1.82, 2.24) is 9.80 Å². The average Bonchev–Trinajstić information content (AvgIpc) is 2.88. The van der Waals surface area contributed by atoms with Crippen LogP contribution in [0.15, 0.2) is 0 Å². The van der Waals surface area contributed by atoms with Gasteiger partial charge in [0, 0.05) is 25.2 Å². The number of nitrogens with two attached hydrogens (primary N) is 1. The lowest BCUT2D eigenvalue weighted by molar-refractivity contribution is -0.134. The van der Waals surface area contributed by atoms with E-state index in [-0.39, 0.29) is 30.0 Å². The molecule has 6 heteroatoms. The van der Waals surface area contributed by atoms with Crippen LogP contribution in [-0.4, -0.2) is 58.6 Å². The Bertz CT molecular complexity index is 443. The predicted molar refractivity (Wildman–Crippen MR) is 95.6 cm³/mol. The maximum absolute atomic E-state index is 12.6. The molecule has 1 rings (SSSR count). The van der Waals surface area contributed by atoms with E-state index < -0.39 is 11.6 Å². The molecule has 2 atom stereocenters. The Morgan fingerprint density at radius 1 is 1.25 bits per heavy atom. The molecule has 0 aromatic heterocycles. The van der Waals surface area contributed by atoms with Gasteiger partial charge in [-0.1, -0.05) is 13.8 Å². The smallest absolute Gasteiger partial charge is 0.410 e. The summed E-state index contributed by atoms with van der Waals surface area (Å²) in [6.45, 7) is 14.6. The first kappa shape index (κ1) is 20.7. The molecule has 140 valence electrons. The third-order valence-corrected chi connectivity index (χ3v) is 4.32. The molecule has 1 fully saturated rings. The lowest BCUT2D eigenvalue weighted by atomic mass is 10.0. The van der Waals surface area contributed by atoms with Gasteiger partial charge in [-0.05, 0) is 53.4 Å². The lowest BCUT2D eigenvalue weighted by Gasteiger charge is -2.35. The van der Waals surface area contributed by atoms with E-state index in [1.807, 2.05) is 53.4 Å². The molecule has 1 saturated heterocycles. The van der Waals surface area contributed by atoms with Crippen LogP contribution in [0.25, 0.3) is 0 Å². The highest BCUT2D eigenvalue weighted by atomic mass is 16.6. The van der Waals surface area contributed by atoms with Crippen LogP contribution in [0, 0.1) is 5.92 Å². The number of rotatable bonds is 5. The second-order valence-corrected chi connectivity index (χ2v) is 8.32. The van der Waals surface area contributed by atoms with Gasteiger partial charge in [-0.3, -0.25) is 4.79 Å². The highest BCUT2D eigenvalue weighted by Gasteiger charge is 2.36. The maximum Gasteiger partial charge on any atom is 0.410 e. The number of carbonyl (C=O) groups is 2. The van der Waals surface area contributed by atoms with Gasteiger partial charge >= 0.3 is 6.09 Å². The van der Waals surface area contributed by atoms with Gasteiger partial charge < -0.3 is 20.3 Å². The highest BCUT2D eigenvalue weighted by Crippen LogP contribution is 2.22. The molecule has 1 aliphatic rings. The molecule has 1 aliphatic heterocycles. The summed E-state index contributed by atoms with van der Waals surface area (Å²) in [5.74, 6) is 0.0891. The normalized spacial score (nSPS) is 19.8. The topological polar surface area (TPSA) is 75.9 Å². The summed E-state index contributed by atoms with van der Waals surface area (Å²) in [5.41, 5.74) is 5.51. The van der Waals surface area contributed by atoms with Gasteiger partial charge in [-0.2, -0.15) is 0 Å². The summed E-state index contributed by atoms with van der Waals surface area (Å²) in [4.78, 5) is 28.7. The van der Waals surface area contributed by atoms with Gasteiger partial charge in [-0.15, -0.1) is 0 Å². The number of nitrogens with zero attached hydrogens (tertiary/aromatic N) is 2. The Labute approximate surface area is 146 Å². The fourth-order valence-corrected chi connectivity index (χ4v) is 2.84. The second kappa shape index (κ2) is 8.19. The van der Waals surface area contributed by atoms with Crippen molar-refractivity contribution in [3.05, 3.63) is 0 Å². The van der Waals surface area contributed by atoms with Crippen molar-refractivity contribution in [2.45, 2.75) is 85.0 Å². The number of hydrogen-bond donors (Lipinski definition) is 1. The van der Waals surface area contributed by atoms with E-state index in [1.165, 1.54) is 0 Å². The Balaban J connectivity index is 2.82. The fraction of sp³-hybridized carbons (Fsp3) is 0.889. The minimum atomic E-state index is -0.532. The summed E-state index contributed by atoms with van der Waals surface area (Å²) in [5, 5.41) is 0. The van der Waals surface area contributed by atoms with Gasteiger partial charge in [-0.25, -0.2) is 4.79 Å². The summed E-state index contributed by atoms with van der Waals surface area (Å²) < 4.78 is 5.51. The lowest BCUT2D eigenvalue weighted by Crippen LogP contribution is -2.53. The zero-order chi connectivity index (χ0) is 18.7. The van der Waals surface area contributed by atoms with Crippen molar-refractivity contribution < 1.29 is 14.3 Å². The first-order valence-corrected chi connectivity index (χ1v) is 8.99. The third-order valence-electron chi connectivity index (χ3n) is 4.32. The molecule has 6 nitrogen and oxygen atoms in total. The van der Waals surface area contributed by atoms with Crippen molar-refractivity contribution in [2.24, 2.45) is 11.7 Å².